The van der Waals surface area contributed by atoms with E-state index in [1.54, 1.807) is 0 Å². The molecule has 1 rings (SSSR count). The van der Waals surface area contributed by atoms with Crippen LogP contribution in [0.2, 0.25) is 0 Å². The van der Waals surface area contributed by atoms with Gasteiger partial charge in [-0.3, -0.25) is 4.79 Å². The quantitative estimate of drug-likeness (QED) is 0.812. The maximum Gasteiger partial charge on any atom is 0.257 e. The Morgan fingerprint density at radius 2 is 1.81 bits per heavy atom. The summed E-state index contributed by atoms with van der Waals surface area (Å²) in [5, 5.41) is 11.8. The molecule has 0 saturated carbocycles. The Morgan fingerprint density at radius 3 is 2.33 bits per heavy atom. The number of aliphatic hydroxyl groups is 1. The maximum absolute atomic E-state index is 11.9. The van der Waals surface area contributed by atoms with Crippen LogP contribution in [0.5, 0.6) is 5.75 Å². The predicted molar refractivity (Wildman–Crippen MR) is 84.6 cm³/mol. The zero-order valence-corrected chi connectivity index (χ0v) is 13.7. The molecule has 21 heavy (non-hydrogen) atoms. The van der Waals surface area contributed by atoms with Gasteiger partial charge in [0.1, 0.15) is 5.75 Å². The van der Waals surface area contributed by atoms with Crippen molar-refractivity contribution in [1.29, 1.82) is 0 Å². The lowest BCUT2D eigenvalue weighted by Gasteiger charge is -2.24. The molecule has 1 aromatic carbocycles. The molecule has 0 unspecified atom stereocenters. The summed E-state index contributed by atoms with van der Waals surface area (Å²) in [6.07, 6.45) is 0.657. The van der Waals surface area contributed by atoms with Crippen molar-refractivity contribution in [2.24, 2.45) is 5.41 Å². The van der Waals surface area contributed by atoms with E-state index in [-0.39, 0.29) is 24.5 Å². The predicted octanol–water partition coefficient (Wildman–Crippen LogP) is 2.52. The number of hydrogen-bond donors (Lipinski definition) is 2. The topological polar surface area (TPSA) is 58.6 Å². The van der Waals surface area contributed by atoms with Crippen LogP contribution in [-0.4, -0.2) is 30.8 Å². The van der Waals surface area contributed by atoms with Crippen LogP contribution in [0.4, 0.5) is 0 Å². The minimum Gasteiger partial charge on any atom is -0.483 e. The number of carbonyl (C=O) groups excluding carboxylic acids is 1. The van der Waals surface area contributed by atoms with Crippen molar-refractivity contribution in [1.82, 2.24) is 5.32 Å². The molecule has 0 radical (unpaired) electrons. The molecule has 1 aromatic rings. The van der Waals surface area contributed by atoms with Gasteiger partial charge in [-0.15, -0.1) is 0 Å². The van der Waals surface area contributed by atoms with Crippen LogP contribution in [0.25, 0.3) is 0 Å². The molecule has 0 heterocycles. The SMILES string of the molecule is Cc1cc(C)c(OCC(=O)NCC(C)(C)CCO)c(C)c1. The smallest absolute Gasteiger partial charge is 0.257 e. The first kappa shape index (κ1) is 17.5. The van der Waals surface area contributed by atoms with Gasteiger partial charge in [0, 0.05) is 13.2 Å². The number of benzene rings is 1. The summed E-state index contributed by atoms with van der Waals surface area (Å²) in [6, 6.07) is 4.09. The lowest BCUT2D eigenvalue weighted by molar-refractivity contribution is -0.123. The Hall–Kier alpha value is -1.55. The lowest BCUT2D eigenvalue weighted by Crippen LogP contribution is -2.37. The average Bonchev–Trinajstić information content (AvgIpc) is 2.35. The molecule has 4 nitrogen and oxygen atoms in total. The molecule has 0 aromatic heterocycles. The highest BCUT2D eigenvalue weighted by molar-refractivity contribution is 5.77. The molecular weight excluding hydrogens is 266 g/mol. The van der Waals surface area contributed by atoms with Crippen LogP contribution in [0, 0.1) is 26.2 Å². The van der Waals surface area contributed by atoms with Gasteiger partial charge in [-0.2, -0.15) is 0 Å². The molecule has 0 spiro atoms. The highest BCUT2D eigenvalue weighted by atomic mass is 16.5. The third kappa shape index (κ3) is 5.76. The Kier molecular flexibility index (Phi) is 6.21. The van der Waals surface area contributed by atoms with Gasteiger partial charge >= 0.3 is 0 Å². The average molecular weight is 293 g/mol. The first-order chi connectivity index (χ1) is 9.75. The van der Waals surface area contributed by atoms with Gasteiger partial charge < -0.3 is 15.2 Å². The molecule has 0 aliphatic heterocycles. The summed E-state index contributed by atoms with van der Waals surface area (Å²) < 4.78 is 5.65. The van der Waals surface area contributed by atoms with E-state index >= 15 is 0 Å². The summed E-state index contributed by atoms with van der Waals surface area (Å²) in [5.74, 6) is 0.644. The zero-order chi connectivity index (χ0) is 16.0. The third-order valence-corrected chi connectivity index (χ3v) is 3.50. The second-order valence-corrected chi connectivity index (χ2v) is 6.43. The minimum absolute atomic E-state index is 0.0138. The number of nitrogens with one attached hydrogen (secondary N) is 1. The van der Waals surface area contributed by atoms with Crippen molar-refractivity contribution < 1.29 is 14.6 Å². The number of carbonyl (C=O) groups is 1. The number of hydrogen-bond acceptors (Lipinski definition) is 3. The fourth-order valence-electron chi connectivity index (χ4n) is 2.31. The number of rotatable bonds is 7. The maximum atomic E-state index is 11.9. The van der Waals surface area contributed by atoms with Crippen molar-refractivity contribution >= 4 is 5.91 Å². The second-order valence-electron chi connectivity index (χ2n) is 6.43. The van der Waals surface area contributed by atoms with Crippen molar-refractivity contribution in [3.8, 4) is 5.75 Å². The third-order valence-electron chi connectivity index (χ3n) is 3.50. The highest BCUT2D eigenvalue weighted by Gasteiger charge is 2.18. The Balaban J connectivity index is 2.51. The second kappa shape index (κ2) is 7.46. The Labute approximate surface area is 127 Å². The summed E-state index contributed by atoms with van der Waals surface area (Å²) in [4.78, 5) is 11.9. The molecule has 2 N–H and O–H groups in total. The van der Waals surface area contributed by atoms with Gasteiger partial charge in [-0.25, -0.2) is 0 Å². The van der Waals surface area contributed by atoms with E-state index in [4.69, 9.17) is 9.84 Å². The number of aliphatic hydroxyl groups excluding tert-OH is 1. The minimum atomic E-state index is -0.139. The molecule has 0 aliphatic carbocycles. The normalized spacial score (nSPS) is 11.3. The van der Waals surface area contributed by atoms with Crippen molar-refractivity contribution in [2.75, 3.05) is 19.8 Å². The van der Waals surface area contributed by atoms with Gasteiger partial charge in [-0.05, 0) is 43.7 Å². The van der Waals surface area contributed by atoms with E-state index in [1.165, 1.54) is 5.56 Å². The largest absolute Gasteiger partial charge is 0.483 e. The number of aryl methyl sites for hydroxylation is 3. The Morgan fingerprint density at radius 1 is 1.24 bits per heavy atom. The monoisotopic (exact) mass is 293 g/mol. The standard InChI is InChI=1S/C17H27NO3/c1-12-8-13(2)16(14(3)9-12)21-10-15(20)18-11-17(4,5)6-7-19/h8-9,19H,6-7,10-11H2,1-5H3,(H,18,20). The van der Waals surface area contributed by atoms with E-state index < -0.39 is 0 Å². The van der Waals surface area contributed by atoms with Crippen molar-refractivity contribution in [3.05, 3.63) is 28.8 Å². The number of amides is 1. The van der Waals surface area contributed by atoms with Gasteiger partial charge in [0.15, 0.2) is 6.61 Å². The summed E-state index contributed by atoms with van der Waals surface area (Å²) in [5.41, 5.74) is 3.16. The Bertz CT molecular complexity index is 472. The van der Waals surface area contributed by atoms with Crippen LogP contribution < -0.4 is 10.1 Å². The highest BCUT2D eigenvalue weighted by Crippen LogP contribution is 2.24. The van der Waals surface area contributed by atoms with E-state index in [2.05, 4.69) is 5.32 Å². The zero-order valence-electron chi connectivity index (χ0n) is 13.7. The van der Waals surface area contributed by atoms with E-state index in [0.717, 1.165) is 16.9 Å². The summed E-state index contributed by atoms with van der Waals surface area (Å²) >= 11 is 0. The molecule has 0 bridgehead atoms. The van der Waals surface area contributed by atoms with Crippen LogP contribution >= 0.6 is 0 Å². The lowest BCUT2D eigenvalue weighted by atomic mass is 9.90. The van der Waals surface area contributed by atoms with Crippen LogP contribution in [0.3, 0.4) is 0 Å². The van der Waals surface area contributed by atoms with Crippen molar-refractivity contribution in [2.45, 2.75) is 41.0 Å². The van der Waals surface area contributed by atoms with Crippen LogP contribution in [0.15, 0.2) is 12.1 Å². The first-order valence-corrected chi connectivity index (χ1v) is 7.33. The van der Waals surface area contributed by atoms with Gasteiger partial charge in [-0.1, -0.05) is 31.5 Å². The summed E-state index contributed by atoms with van der Waals surface area (Å²) in [6.45, 7) is 10.7. The summed E-state index contributed by atoms with van der Waals surface area (Å²) in [7, 11) is 0. The van der Waals surface area contributed by atoms with E-state index in [0.29, 0.717) is 13.0 Å². The van der Waals surface area contributed by atoms with Gasteiger partial charge in [0.25, 0.3) is 5.91 Å². The van der Waals surface area contributed by atoms with E-state index in [9.17, 15) is 4.79 Å². The molecule has 0 aliphatic rings. The molecule has 0 fully saturated rings. The molecule has 0 saturated heterocycles. The van der Waals surface area contributed by atoms with Crippen LogP contribution in [0.1, 0.15) is 37.0 Å². The molecular formula is C17H27NO3. The first-order valence-electron chi connectivity index (χ1n) is 7.33. The van der Waals surface area contributed by atoms with Gasteiger partial charge in [0.05, 0.1) is 0 Å². The fraction of sp³-hybridized carbons (Fsp3) is 0.588. The molecule has 4 heteroatoms. The molecule has 1 amide bonds. The molecule has 0 atom stereocenters. The fourth-order valence-corrected chi connectivity index (χ4v) is 2.31. The number of ether oxygens (including phenoxy) is 1. The van der Waals surface area contributed by atoms with Gasteiger partial charge in [0.2, 0.25) is 0 Å². The van der Waals surface area contributed by atoms with Crippen molar-refractivity contribution in [3.63, 3.8) is 0 Å². The van der Waals surface area contributed by atoms with E-state index in [1.807, 2.05) is 46.8 Å². The van der Waals surface area contributed by atoms with Crippen LogP contribution in [-0.2, 0) is 4.79 Å². The molecule has 118 valence electrons.